The highest BCUT2D eigenvalue weighted by molar-refractivity contribution is 14.1. The molecule has 1 aromatic rings. The summed E-state index contributed by atoms with van der Waals surface area (Å²) in [4.78, 5) is 6.22. The number of rotatable bonds is 3. The molecule has 4 nitrogen and oxygen atoms in total. The Kier molecular flexibility index (Phi) is 3.55. The van der Waals surface area contributed by atoms with E-state index in [2.05, 4.69) is 27.6 Å². The van der Waals surface area contributed by atoms with Crippen LogP contribution in [0.1, 0.15) is 6.92 Å². The third kappa shape index (κ3) is 2.14. The van der Waals surface area contributed by atoms with Gasteiger partial charge in [-0.3, -0.25) is 0 Å². The first-order valence-corrected chi connectivity index (χ1v) is 5.16. The molecule has 0 bridgehead atoms. The van der Waals surface area contributed by atoms with E-state index < -0.39 is 0 Å². The molecule has 0 radical (unpaired) electrons. The number of hydrogen-bond donors (Lipinski definition) is 1. The molecule has 0 aliphatic heterocycles. The summed E-state index contributed by atoms with van der Waals surface area (Å²) in [5, 5.41) is 8.98. The van der Waals surface area contributed by atoms with Gasteiger partial charge in [0.25, 0.3) is 0 Å². The van der Waals surface area contributed by atoms with Gasteiger partial charge in [-0.25, -0.2) is 4.98 Å². The lowest BCUT2D eigenvalue weighted by molar-refractivity contribution is 0.269. The molecule has 74 valence electrons. The Bertz CT molecular complexity index is 287. The molecule has 0 saturated carbocycles. The summed E-state index contributed by atoms with van der Waals surface area (Å²) in [5.74, 6) is 0.881. The molecule has 0 spiro atoms. The van der Waals surface area contributed by atoms with Crippen LogP contribution in [0.25, 0.3) is 0 Å². The summed E-state index contributed by atoms with van der Waals surface area (Å²) < 4.78 is 3.08. The molecular weight excluding hydrogens is 281 g/mol. The number of nitrogens with zero attached hydrogens (tertiary/aromatic N) is 3. The third-order valence-corrected chi connectivity index (χ3v) is 3.15. The molecule has 0 amide bonds. The smallest absolute Gasteiger partial charge is 0.206 e. The van der Waals surface area contributed by atoms with Crippen LogP contribution in [0.2, 0.25) is 0 Å². The molecule has 0 fully saturated rings. The second kappa shape index (κ2) is 4.28. The number of hydrogen-bond acceptors (Lipinski definition) is 3. The van der Waals surface area contributed by atoms with Gasteiger partial charge in [-0.15, -0.1) is 0 Å². The second-order valence-electron chi connectivity index (χ2n) is 3.08. The van der Waals surface area contributed by atoms with Crippen molar-refractivity contribution in [3.8, 4) is 0 Å². The zero-order valence-corrected chi connectivity index (χ0v) is 10.2. The van der Waals surface area contributed by atoms with Crippen LogP contribution < -0.4 is 4.90 Å². The summed E-state index contributed by atoms with van der Waals surface area (Å²) in [7, 11) is 3.89. The standard InChI is InChI=1S/C8H14IN3O/c1-6(5-13)11(2)8-10-4-7(9)12(8)3/h4,6,13H,5H2,1-3H3. The van der Waals surface area contributed by atoms with Crippen LogP contribution in [0.5, 0.6) is 0 Å². The SMILES string of the molecule is CC(CO)N(C)c1ncc(I)n1C. The molecule has 1 heterocycles. The molecule has 1 atom stereocenters. The number of aliphatic hydroxyl groups is 1. The van der Waals surface area contributed by atoms with Gasteiger partial charge in [0.1, 0.15) is 3.70 Å². The number of anilines is 1. The van der Waals surface area contributed by atoms with Gasteiger partial charge in [-0.1, -0.05) is 0 Å². The van der Waals surface area contributed by atoms with Crippen molar-refractivity contribution in [2.45, 2.75) is 13.0 Å². The second-order valence-corrected chi connectivity index (χ2v) is 4.19. The van der Waals surface area contributed by atoms with E-state index in [1.54, 1.807) is 0 Å². The van der Waals surface area contributed by atoms with E-state index in [-0.39, 0.29) is 12.6 Å². The lowest BCUT2D eigenvalue weighted by atomic mass is 10.3. The average Bonchev–Trinajstić information content (AvgIpc) is 2.45. The first-order valence-electron chi connectivity index (χ1n) is 4.08. The Morgan fingerprint density at radius 3 is 2.77 bits per heavy atom. The molecule has 5 heteroatoms. The molecule has 0 saturated heterocycles. The van der Waals surface area contributed by atoms with Gasteiger partial charge >= 0.3 is 0 Å². The number of imidazole rings is 1. The first-order chi connectivity index (χ1) is 6.07. The van der Waals surface area contributed by atoms with Crippen molar-refractivity contribution in [2.24, 2.45) is 7.05 Å². The minimum atomic E-state index is 0.0944. The monoisotopic (exact) mass is 295 g/mol. The molecule has 0 aliphatic rings. The van der Waals surface area contributed by atoms with Crippen molar-refractivity contribution in [1.82, 2.24) is 9.55 Å². The van der Waals surface area contributed by atoms with E-state index in [9.17, 15) is 0 Å². The maximum atomic E-state index is 8.98. The number of aromatic nitrogens is 2. The predicted molar refractivity (Wildman–Crippen MR) is 60.9 cm³/mol. The Hall–Kier alpha value is -0.300. The van der Waals surface area contributed by atoms with Crippen molar-refractivity contribution >= 4 is 28.5 Å². The Balaban J connectivity index is 2.88. The molecule has 0 aromatic carbocycles. The highest BCUT2D eigenvalue weighted by Gasteiger charge is 2.13. The third-order valence-electron chi connectivity index (χ3n) is 2.15. The van der Waals surface area contributed by atoms with Crippen LogP contribution in [0.3, 0.4) is 0 Å². The van der Waals surface area contributed by atoms with Crippen LogP contribution in [0.4, 0.5) is 5.95 Å². The minimum absolute atomic E-state index is 0.0944. The van der Waals surface area contributed by atoms with E-state index in [0.717, 1.165) is 9.65 Å². The fourth-order valence-electron chi connectivity index (χ4n) is 1.03. The predicted octanol–water partition coefficient (Wildman–Crippen LogP) is 0.842. The summed E-state index contributed by atoms with van der Waals surface area (Å²) in [6.07, 6.45) is 1.82. The van der Waals surface area contributed by atoms with Gasteiger partial charge in [0.05, 0.1) is 18.8 Å². The van der Waals surface area contributed by atoms with E-state index >= 15 is 0 Å². The van der Waals surface area contributed by atoms with Crippen molar-refractivity contribution in [3.63, 3.8) is 0 Å². The van der Waals surface area contributed by atoms with E-state index in [0.29, 0.717) is 0 Å². The number of likely N-dealkylation sites (N-methyl/N-ethyl adjacent to an activating group) is 1. The van der Waals surface area contributed by atoms with Crippen molar-refractivity contribution < 1.29 is 5.11 Å². The molecule has 1 aromatic heterocycles. The Morgan fingerprint density at radius 2 is 2.38 bits per heavy atom. The zero-order valence-electron chi connectivity index (χ0n) is 8.03. The molecule has 13 heavy (non-hydrogen) atoms. The Labute approximate surface area is 91.7 Å². The van der Waals surface area contributed by atoms with Gasteiger partial charge in [0.2, 0.25) is 5.95 Å². The first kappa shape index (κ1) is 10.8. The van der Waals surface area contributed by atoms with E-state index in [1.807, 2.05) is 36.7 Å². The Morgan fingerprint density at radius 1 is 1.77 bits per heavy atom. The van der Waals surface area contributed by atoms with Crippen LogP contribution in [-0.2, 0) is 7.05 Å². The van der Waals surface area contributed by atoms with Crippen LogP contribution in [0, 0.1) is 3.70 Å². The fraction of sp³-hybridized carbons (Fsp3) is 0.625. The van der Waals surface area contributed by atoms with Gasteiger partial charge in [-0.05, 0) is 29.5 Å². The van der Waals surface area contributed by atoms with E-state index in [1.165, 1.54) is 0 Å². The van der Waals surface area contributed by atoms with Gasteiger partial charge in [0, 0.05) is 14.1 Å². The van der Waals surface area contributed by atoms with Gasteiger partial charge < -0.3 is 14.6 Å². The van der Waals surface area contributed by atoms with Crippen LogP contribution >= 0.6 is 22.6 Å². The molecule has 0 aliphatic carbocycles. The molecule has 1 rings (SSSR count). The van der Waals surface area contributed by atoms with Gasteiger partial charge in [0.15, 0.2) is 0 Å². The largest absolute Gasteiger partial charge is 0.394 e. The number of halogens is 1. The topological polar surface area (TPSA) is 41.3 Å². The van der Waals surface area contributed by atoms with Crippen LogP contribution in [0.15, 0.2) is 6.20 Å². The lowest BCUT2D eigenvalue weighted by Gasteiger charge is -2.24. The molecule has 1 N–H and O–H groups in total. The summed E-state index contributed by atoms with van der Waals surface area (Å²) in [6.45, 7) is 2.10. The average molecular weight is 295 g/mol. The summed E-state index contributed by atoms with van der Waals surface area (Å²) in [5.41, 5.74) is 0. The maximum Gasteiger partial charge on any atom is 0.206 e. The fourth-order valence-corrected chi connectivity index (χ4v) is 1.38. The van der Waals surface area contributed by atoms with Crippen molar-refractivity contribution in [1.29, 1.82) is 0 Å². The normalized spacial score (nSPS) is 13.0. The maximum absolute atomic E-state index is 8.98. The zero-order chi connectivity index (χ0) is 10.0. The quantitative estimate of drug-likeness (QED) is 0.840. The minimum Gasteiger partial charge on any atom is -0.394 e. The van der Waals surface area contributed by atoms with Crippen molar-refractivity contribution in [2.75, 3.05) is 18.6 Å². The molecule has 1 unspecified atom stereocenters. The van der Waals surface area contributed by atoms with Crippen LogP contribution in [-0.4, -0.2) is 34.4 Å². The summed E-state index contributed by atoms with van der Waals surface area (Å²) in [6, 6.07) is 0.0944. The number of aliphatic hydroxyl groups excluding tert-OH is 1. The highest BCUT2D eigenvalue weighted by atomic mass is 127. The van der Waals surface area contributed by atoms with Crippen molar-refractivity contribution in [3.05, 3.63) is 9.90 Å². The highest BCUT2D eigenvalue weighted by Crippen LogP contribution is 2.15. The van der Waals surface area contributed by atoms with Gasteiger partial charge in [-0.2, -0.15) is 0 Å². The molecular formula is C8H14IN3O. The van der Waals surface area contributed by atoms with E-state index in [4.69, 9.17) is 5.11 Å². The summed E-state index contributed by atoms with van der Waals surface area (Å²) >= 11 is 2.23. The lowest BCUT2D eigenvalue weighted by Crippen LogP contribution is -2.33.